The molecule has 2 heterocycles. The van der Waals surface area contributed by atoms with Crippen LogP contribution in [0.2, 0.25) is 0 Å². The summed E-state index contributed by atoms with van der Waals surface area (Å²) in [6.45, 7) is 5.15. The number of piperidine rings is 1. The van der Waals surface area contributed by atoms with Crippen molar-refractivity contribution in [1.82, 2.24) is 14.9 Å². The molecule has 7 heteroatoms. The number of rotatable bonds is 5. The van der Waals surface area contributed by atoms with Crippen LogP contribution >= 0.6 is 0 Å². The molecule has 1 aliphatic heterocycles. The quantitative estimate of drug-likeness (QED) is 0.811. The third-order valence-corrected chi connectivity index (χ3v) is 4.55. The molecule has 0 N–H and O–H groups in total. The fourth-order valence-electron chi connectivity index (χ4n) is 3.03. The summed E-state index contributed by atoms with van der Waals surface area (Å²) in [7, 11) is 0. The van der Waals surface area contributed by atoms with Crippen molar-refractivity contribution in [3.63, 3.8) is 0 Å². The third kappa shape index (κ3) is 4.68. The monoisotopic (exact) mass is 343 g/mol. The Morgan fingerprint density at radius 1 is 1.38 bits per heavy atom. The van der Waals surface area contributed by atoms with Crippen molar-refractivity contribution in [3.8, 4) is 0 Å². The minimum atomic E-state index is -4.46. The number of likely N-dealkylation sites (tertiary alicyclic amines) is 1. The van der Waals surface area contributed by atoms with Crippen LogP contribution in [0.25, 0.3) is 0 Å². The SMILES string of the molecule is CCCC[C@@H](C)C(=O)N1CCC(c2nccc(C(F)(F)F)n2)CC1. The van der Waals surface area contributed by atoms with Crippen LogP contribution in [0.4, 0.5) is 13.2 Å². The van der Waals surface area contributed by atoms with E-state index in [0.717, 1.165) is 31.5 Å². The van der Waals surface area contributed by atoms with Gasteiger partial charge >= 0.3 is 6.18 Å². The number of carbonyl (C=O) groups excluding carboxylic acids is 1. The minimum absolute atomic E-state index is 0.00584. The zero-order valence-electron chi connectivity index (χ0n) is 14.1. The van der Waals surface area contributed by atoms with E-state index < -0.39 is 11.9 Å². The molecule has 1 fully saturated rings. The Labute approximate surface area is 140 Å². The van der Waals surface area contributed by atoms with Gasteiger partial charge in [-0.1, -0.05) is 26.7 Å². The van der Waals surface area contributed by atoms with E-state index in [0.29, 0.717) is 25.9 Å². The predicted octanol–water partition coefficient (Wildman–Crippen LogP) is 4.03. The molecule has 0 radical (unpaired) electrons. The summed E-state index contributed by atoms with van der Waals surface area (Å²) < 4.78 is 38.3. The lowest BCUT2D eigenvalue weighted by atomic mass is 9.94. The van der Waals surface area contributed by atoms with Crippen LogP contribution < -0.4 is 0 Å². The molecule has 24 heavy (non-hydrogen) atoms. The molecule has 0 aliphatic carbocycles. The lowest BCUT2D eigenvalue weighted by Gasteiger charge is -2.33. The number of alkyl halides is 3. The van der Waals surface area contributed by atoms with Crippen LogP contribution in [0, 0.1) is 5.92 Å². The van der Waals surface area contributed by atoms with E-state index >= 15 is 0 Å². The Morgan fingerprint density at radius 3 is 2.62 bits per heavy atom. The molecule has 2 rings (SSSR count). The van der Waals surface area contributed by atoms with Crippen molar-refractivity contribution in [2.45, 2.75) is 58.0 Å². The Bertz CT molecular complexity index is 554. The second-order valence-electron chi connectivity index (χ2n) is 6.44. The number of amides is 1. The molecule has 4 nitrogen and oxygen atoms in total. The molecular formula is C17H24F3N3O. The standard InChI is InChI=1S/C17H24F3N3O/c1-3-4-5-12(2)16(24)23-10-7-13(8-11-23)15-21-9-6-14(22-15)17(18,19)20/h6,9,12-13H,3-5,7-8,10-11H2,1-2H3/t12-/m1/s1. The second kappa shape index (κ2) is 7.94. The van der Waals surface area contributed by atoms with Crippen molar-refractivity contribution in [3.05, 3.63) is 23.8 Å². The summed E-state index contributed by atoms with van der Waals surface area (Å²) in [6.07, 6.45) is 0.889. The van der Waals surface area contributed by atoms with Gasteiger partial charge in [-0.15, -0.1) is 0 Å². The maximum absolute atomic E-state index is 12.8. The lowest BCUT2D eigenvalue weighted by molar-refractivity contribution is -0.141. The Balaban J connectivity index is 1.94. The first kappa shape index (κ1) is 18.7. The Kier molecular flexibility index (Phi) is 6.18. The van der Waals surface area contributed by atoms with E-state index in [4.69, 9.17) is 0 Å². The molecule has 0 spiro atoms. The summed E-state index contributed by atoms with van der Waals surface area (Å²) in [6, 6.07) is 0.886. The van der Waals surface area contributed by atoms with E-state index in [1.165, 1.54) is 0 Å². The summed E-state index contributed by atoms with van der Waals surface area (Å²) in [5, 5.41) is 0. The van der Waals surface area contributed by atoms with Gasteiger partial charge in [0.1, 0.15) is 11.5 Å². The highest BCUT2D eigenvalue weighted by molar-refractivity contribution is 5.78. The van der Waals surface area contributed by atoms with Gasteiger partial charge in [0.2, 0.25) is 5.91 Å². The Hall–Kier alpha value is -1.66. The van der Waals surface area contributed by atoms with Crippen molar-refractivity contribution >= 4 is 5.91 Å². The normalized spacial score (nSPS) is 17.8. The molecule has 1 aromatic heterocycles. The van der Waals surface area contributed by atoms with E-state index in [9.17, 15) is 18.0 Å². The maximum Gasteiger partial charge on any atom is 0.433 e. The molecule has 1 aliphatic rings. The molecule has 0 bridgehead atoms. The third-order valence-electron chi connectivity index (χ3n) is 4.55. The van der Waals surface area contributed by atoms with Crippen molar-refractivity contribution in [2.75, 3.05) is 13.1 Å². The maximum atomic E-state index is 12.8. The van der Waals surface area contributed by atoms with E-state index in [-0.39, 0.29) is 23.6 Å². The fourth-order valence-corrected chi connectivity index (χ4v) is 3.03. The smallest absolute Gasteiger partial charge is 0.342 e. The van der Waals surface area contributed by atoms with Crippen molar-refractivity contribution in [1.29, 1.82) is 0 Å². The first-order valence-electron chi connectivity index (χ1n) is 8.51. The summed E-state index contributed by atoms with van der Waals surface area (Å²) >= 11 is 0. The minimum Gasteiger partial charge on any atom is -0.342 e. The molecule has 134 valence electrons. The van der Waals surface area contributed by atoms with Gasteiger partial charge in [0.05, 0.1) is 0 Å². The van der Waals surface area contributed by atoms with E-state index in [2.05, 4.69) is 16.9 Å². The van der Waals surface area contributed by atoms with Gasteiger partial charge in [-0.2, -0.15) is 13.2 Å². The van der Waals surface area contributed by atoms with Crippen molar-refractivity contribution in [2.24, 2.45) is 5.92 Å². The van der Waals surface area contributed by atoms with Crippen LogP contribution in [0.3, 0.4) is 0 Å². The van der Waals surface area contributed by atoms with Crippen LogP contribution in [0.1, 0.15) is 63.4 Å². The summed E-state index contributed by atoms with van der Waals surface area (Å²) in [5.74, 6) is 0.261. The fraction of sp³-hybridized carbons (Fsp3) is 0.706. The van der Waals surface area contributed by atoms with Gasteiger partial charge in [-0.3, -0.25) is 4.79 Å². The number of hydrogen-bond donors (Lipinski definition) is 0. The number of hydrogen-bond acceptors (Lipinski definition) is 3. The topological polar surface area (TPSA) is 46.1 Å². The van der Waals surface area contributed by atoms with Gasteiger partial charge in [0.25, 0.3) is 0 Å². The number of unbranched alkanes of at least 4 members (excludes halogenated alkanes) is 1. The first-order chi connectivity index (χ1) is 11.3. The molecule has 1 atom stereocenters. The highest BCUT2D eigenvalue weighted by atomic mass is 19.4. The van der Waals surface area contributed by atoms with E-state index in [1.807, 2.05) is 11.8 Å². The van der Waals surface area contributed by atoms with Crippen LogP contribution in [-0.2, 0) is 11.0 Å². The zero-order valence-corrected chi connectivity index (χ0v) is 14.1. The molecular weight excluding hydrogens is 319 g/mol. The van der Waals surface area contributed by atoms with Gasteiger partial charge in [-0.05, 0) is 25.3 Å². The first-order valence-corrected chi connectivity index (χ1v) is 8.51. The average Bonchev–Trinajstić information content (AvgIpc) is 2.58. The van der Waals surface area contributed by atoms with Gasteiger partial charge < -0.3 is 4.90 Å². The number of halogens is 3. The number of carbonyl (C=O) groups is 1. The molecule has 0 saturated carbocycles. The second-order valence-corrected chi connectivity index (χ2v) is 6.44. The van der Waals surface area contributed by atoms with Crippen molar-refractivity contribution < 1.29 is 18.0 Å². The van der Waals surface area contributed by atoms with Crippen LogP contribution in [-0.4, -0.2) is 33.9 Å². The van der Waals surface area contributed by atoms with Crippen LogP contribution in [0.5, 0.6) is 0 Å². The molecule has 1 amide bonds. The van der Waals surface area contributed by atoms with E-state index in [1.54, 1.807) is 0 Å². The summed E-state index contributed by atoms with van der Waals surface area (Å²) in [5.41, 5.74) is -0.904. The largest absolute Gasteiger partial charge is 0.433 e. The number of nitrogens with zero attached hydrogens (tertiary/aromatic N) is 3. The average molecular weight is 343 g/mol. The zero-order chi connectivity index (χ0) is 17.7. The van der Waals surface area contributed by atoms with Gasteiger partial charge in [-0.25, -0.2) is 9.97 Å². The molecule has 0 aromatic carbocycles. The highest BCUT2D eigenvalue weighted by Gasteiger charge is 2.34. The van der Waals surface area contributed by atoms with Gasteiger partial charge in [0, 0.05) is 31.1 Å². The molecule has 0 unspecified atom stereocenters. The van der Waals surface area contributed by atoms with Gasteiger partial charge in [0.15, 0.2) is 0 Å². The number of aromatic nitrogens is 2. The Morgan fingerprint density at radius 2 is 2.04 bits per heavy atom. The lowest BCUT2D eigenvalue weighted by Crippen LogP contribution is -2.41. The van der Waals surface area contributed by atoms with Crippen LogP contribution in [0.15, 0.2) is 12.3 Å². The molecule has 1 aromatic rings. The summed E-state index contributed by atoms with van der Waals surface area (Å²) in [4.78, 5) is 21.9. The predicted molar refractivity (Wildman–Crippen MR) is 84.3 cm³/mol. The highest BCUT2D eigenvalue weighted by Crippen LogP contribution is 2.31. The molecule has 1 saturated heterocycles.